The first kappa shape index (κ1) is 17.7. The molecule has 116 valence electrons. The van der Waals surface area contributed by atoms with E-state index in [1.807, 2.05) is 0 Å². The van der Waals surface area contributed by atoms with Crippen LogP contribution in [0.2, 0.25) is 5.02 Å². The SMILES string of the molecule is CC(=O)C(NC(=O)CS(=O)(=O)c1ccccc1Cl)C(C)C. The average Bonchev–Trinajstić information content (AvgIpc) is 2.34. The van der Waals surface area contributed by atoms with Gasteiger partial charge in [-0.1, -0.05) is 37.6 Å². The first-order valence-corrected chi connectivity index (χ1v) is 8.45. The number of Topliss-reactive ketones (excluding diaryl/α,β-unsaturated/α-hetero) is 1. The molecule has 21 heavy (non-hydrogen) atoms. The molecule has 0 saturated carbocycles. The van der Waals surface area contributed by atoms with Crippen molar-refractivity contribution in [3.63, 3.8) is 0 Å². The molecule has 0 saturated heterocycles. The van der Waals surface area contributed by atoms with Gasteiger partial charge in [0.05, 0.1) is 16.0 Å². The lowest BCUT2D eigenvalue weighted by atomic mass is 10.0. The number of halogens is 1. The van der Waals surface area contributed by atoms with Crippen LogP contribution < -0.4 is 5.32 Å². The summed E-state index contributed by atoms with van der Waals surface area (Å²) in [6.45, 7) is 4.90. The Kier molecular flexibility index (Phi) is 5.92. The predicted octanol–water partition coefficient (Wildman–Crippen LogP) is 1.84. The number of carbonyl (C=O) groups is 2. The van der Waals surface area contributed by atoms with Crippen molar-refractivity contribution in [1.82, 2.24) is 5.32 Å². The van der Waals surface area contributed by atoms with E-state index in [-0.39, 0.29) is 21.6 Å². The van der Waals surface area contributed by atoms with Crippen LogP contribution in [0.4, 0.5) is 0 Å². The third kappa shape index (κ3) is 4.82. The summed E-state index contributed by atoms with van der Waals surface area (Å²) in [7, 11) is -3.84. The Morgan fingerprint density at radius 3 is 2.29 bits per heavy atom. The molecule has 1 aromatic rings. The molecule has 1 N–H and O–H groups in total. The van der Waals surface area contributed by atoms with Crippen LogP contribution in [-0.4, -0.2) is 31.9 Å². The number of ketones is 1. The van der Waals surface area contributed by atoms with Gasteiger partial charge in [-0.25, -0.2) is 8.42 Å². The topological polar surface area (TPSA) is 80.3 Å². The molecule has 1 atom stereocenters. The van der Waals surface area contributed by atoms with Gasteiger partial charge in [-0.3, -0.25) is 9.59 Å². The average molecular weight is 332 g/mol. The van der Waals surface area contributed by atoms with Crippen molar-refractivity contribution in [3.05, 3.63) is 29.3 Å². The summed E-state index contributed by atoms with van der Waals surface area (Å²) >= 11 is 5.83. The fraction of sp³-hybridized carbons (Fsp3) is 0.429. The molecule has 0 aromatic heterocycles. The zero-order valence-corrected chi connectivity index (χ0v) is 13.7. The van der Waals surface area contributed by atoms with Crippen molar-refractivity contribution in [2.45, 2.75) is 31.7 Å². The molecule has 1 rings (SSSR count). The molecule has 0 radical (unpaired) electrons. The standard InChI is InChI=1S/C14H18ClNO4S/c1-9(2)14(10(3)17)16-13(18)8-21(19,20)12-7-5-4-6-11(12)15/h4-7,9,14H,8H2,1-3H3,(H,16,18). The van der Waals surface area contributed by atoms with Gasteiger partial charge in [0.2, 0.25) is 5.91 Å². The summed E-state index contributed by atoms with van der Waals surface area (Å²) in [5, 5.41) is 2.52. The highest BCUT2D eigenvalue weighted by atomic mass is 35.5. The summed E-state index contributed by atoms with van der Waals surface area (Å²) in [6.07, 6.45) is 0. The summed E-state index contributed by atoms with van der Waals surface area (Å²) < 4.78 is 24.3. The molecule has 0 heterocycles. The van der Waals surface area contributed by atoms with Gasteiger partial charge < -0.3 is 5.32 Å². The van der Waals surface area contributed by atoms with Crippen LogP contribution >= 0.6 is 11.6 Å². The molecule has 5 nitrogen and oxygen atoms in total. The van der Waals surface area contributed by atoms with Gasteiger partial charge in [0.25, 0.3) is 0 Å². The van der Waals surface area contributed by atoms with Crippen LogP contribution in [-0.2, 0) is 19.4 Å². The van der Waals surface area contributed by atoms with Crippen LogP contribution in [0, 0.1) is 5.92 Å². The van der Waals surface area contributed by atoms with Crippen LogP contribution in [0.15, 0.2) is 29.2 Å². The molecule has 0 aliphatic carbocycles. The first-order valence-electron chi connectivity index (χ1n) is 6.42. The van der Waals surface area contributed by atoms with Crippen molar-refractivity contribution in [2.75, 3.05) is 5.75 Å². The van der Waals surface area contributed by atoms with E-state index in [0.717, 1.165) is 0 Å². The summed E-state index contributed by atoms with van der Waals surface area (Å²) in [4.78, 5) is 23.2. The van der Waals surface area contributed by atoms with E-state index in [1.54, 1.807) is 19.9 Å². The number of hydrogen-bond acceptors (Lipinski definition) is 4. The number of sulfone groups is 1. The molecular weight excluding hydrogens is 314 g/mol. The second-order valence-corrected chi connectivity index (χ2v) is 7.45. The van der Waals surface area contributed by atoms with Crippen molar-refractivity contribution in [2.24, 2.45) is 5.92 Å². The van der Waals surface area contributed by atoms with E-state index in [1.165, 1.54) is 25.1 Å². The van der Waals surface area contributed by atoms with E-state index < -0.39 is 27.5 Å². The van der Waals surface area contributed by atoms with Gasteiger partial charge in [-0.05, 0) is 25.0 Å². The van der Waals surface area contributed by atoms with E-state index in [4.69, 9.17) is 11.6 Å². The Morgan fingerprint density at radius 2 is 1.81 bits per heavy atom. The number of benzene rings is 1. The quantitative estimate of drug-likeness (QED) is 0.862. The number of carbonyl (C=O) groups excluding carboxylic acids is 2. The van der Waals surface area contributed by atoms with Gasteiger partial charge in [0.15, 0.2) is 15.6 Å². The van der Waals surface area contributed by atoms with Crippen LogP contribution in [0.5, 0.6) is 0 Å². The maximum atomic E-state index is 12.2. The Hall–Kier alpha value is -1.40. The van der Waals surface area contributed by atoms with E-state index in [0.29, 0.717) is 0 Å². The molecule has 0 aliphatic heterocycles. The van der Waals surface area contributed by atoms with Crippen molar-refractivity contribution in [3.8, 4) is 0 Å². The molecule has 0 aliphatic rings. The summed E-state index contributed by atoms with van der Waals surface area (Å²) in [6, 6.07) is 5.23. The highest BCUT2D eigenvalue weighted by Crippen LogP contribution is 2.21. The van der Waals surface area contributed by atoms with Crippen LogP contribution in [0.3, 0.4) is 0 Å². The lowest BCUT2D eigenvalue weighted by Gasteiger charge is -2.19. The fourth-order valence-electron chi connectivity index (χ4n) is 1.90. The first-order chi connectivity index (χ1) is 9.65. The smallest absolute Gasteiger partial charge is 0.236 e. The van der Waals surface area contributed by atoms with Crippen molar-refractivity contribution in [1.29, 1.82) is 0 Å². The minimum atomic E-state index is -3.84. The Bertz CT molecular complexity index is 640. The highest BCUT2D eigenvalue weighted by molar-refractivity contribution is 7.92. The predicted molar refractivity (Wildman–Crippen MR) is 81.0 cm³/mol. The van der Waals surface area contributed by atoms with Gasteiger partial charge in [0.1, 0.15) is 5.75 Å². The molecule has 1 aromatic carbocycles. The number of rotatable bonds is 6. The van der Waals surface area contributed by atoms with E-state index in [2.05, 4.69) is 5.32 Å². The monoisotopic (exact) mass is 331 g/mol. The molecule has 1 unspecified atom stereocenters. The molecule has 1 amide bonds. The third-order valence-electron chi connectivity index (χ3n) is 2.91. The number of hydrogen-bond donors (Lipinski definition) is 1. The molecule has 0 spiro atoms. The minimum absolute atomic E-state index is 0.0669. The minimum Gasteiger partial charge on any atom is -0.345 e. The largest absolute Gasteiger partial charge is 0.345 e. The maximum absolute atomic E-state index is 12.2. The Labute approximate surface area is 129 Å². The van der Waals surface area contributed by atoms with Gasteiger partial charge in [-0.15, -0.1) is 0 Å². The van der Waals surface area contributed by atoms with E-state index >= 15 is 0 Å². The molecule has 7 heteroatoms. The second kappa shape index (κ2) is 7.04. The zero-order chi connectivity index (χ0) is 16.2. The summed E-state index contributed by atoms with van der Waals surface area (Å²) in [5.74, 6) is -1.79. The number of nitrogens with one attached hydrogen (secondary N) is 1. The molecular formula is C14H18ClNO4S. The summed E-state index contributed by atoms with van der Waals surface area (Å²) in [5.41, 5.74) is 0. The highest BCUT2D eigenvalue weighted by Gasteiger charge is 2.26. The van der Waals surface area contributed by atoms with Crippen molar-refractivity contribution >= 4 is 33.1 Å². The van der Waals surface area contributed by atoms with Gasteiger partial charge >= 0.3 is 0 Å². The Morgan fingerprint density at radius 1 is 1.24 bits per heavy atom. The zero-order valence-electron chi connectivity index (χ0n) is 12.1. The van der Waals surface area contributed by atoms with Crippen molar-refractivity contribution < 1.29 is 18.0 Å². The fourth-order valence-corrected chi connectivity index (χ4v) is 3.62. The number of amides is 1. The molecule has 0 fully saturated rings. The Balaban J connectivity index is 2.88. The van der Waals surface area contributed by atoms with E-state index in [9.17, 15) is 18.0 Å². The normalized spacial score (nSPS) is 13.0. The molecule has 0 bridgehead atoms. The third-order valence-corrected chi connectivity index (χ3v) is 5.02. The van der Waals surface area contributed by atoms with Crippen LogP contribution in [0.25, 0.3) is 0 Å². The maximum Gasteiger partial charge on any atom is 0.236 e. The van der Waals surface area contributed by atoms with Gasteiger partial charge in [-0.2, -0.15) is 0 Å². The lowest BCUT2D eigenvalue weighted by Crippen LogP contribution is -2.45. The van der Waals surface area contributed by atoms with Crippen LogP contribution in [0.1, 0.15) is 20.8 Å². The second-order valence-electron chi connectivity index (χ2n) is 5.09. The van der Waals surface area contributed by atoms with Gasteiger partial charge in [0, 0.05) is 0 Å². The lowest BCUT2D eigenvalue weighted by molar-refractivity contribution is -0.126.